The van der Waals surface area contributed by atoms with Gasteiger partial charge in [0.2, 0.25) is 5.28 Å². The number of carbonyl (C=O) groups excluding carboxylic acids is 1. The minimum atomic E-state index is -4.09. The molecule has 2 heterocycles. The Morgan fingerprint density at radius 2 is 2.10 bits per heavy atom. The van der Waals surface area contributed by atoms with Crippen LogP contribution in [0.3, 0.4) is 0 Å². The Hall–Kier alpha value is -1.49. The van der Waals surface area contributed by atoms with Crippen LogP contribution in [0.5, 0.6) is 0 Å². The van der Waals surface area contributed by atoms with Crippen LogP contribution in [-0.4, -0.2) is 36.4 Å². The Morgan fingerprint density at radius 3 is 2.71 bits per heavy atom. The molecule has 0 aliphatic carbocycles. The standard InChI is InChI=1S/C9H6Cl2N4O4S2/c1-19-7(16)6-8(20-3-12-6)21(17,18)15-5-2-4(10)13-9(11)14-5/h2-3H,1H3,(H,13,14,15). The van der Waals surface area contributed by atoms with Gasteiger partial charge in [0, 0.05) is 6.07 Å². The van der Waals surface area contributed by atoms with Crippen molar-refractivity contribution in [1.29, 1.82) is 0 Å². The smallest absolute Gasteiger partial charge is 0.358 e. The fourth-order valence-corrected chi connectivity index (χ4v) is 3.82. The zero-order valence-electron chi connectivity index (χ0n) is 10.2. The van der Waals surface area contributed by atoms with Crippen molar-refractivity contribution in [2.24, 2.45) is 0 Å². The average molecular weight is 369 g/mol. The van der Waals surface area contributed by atoms with Crippen molar-refractivity contribution in [2.45, 2.75) is 4.21 Å². The van der Waals surface area contributed by atoms with Crippen molar-refractivity contribution < 1.29 is 17.9 Å². The molecule has 2 aromatic rings. The Bertz CT molecular complexity index is 773. The zero-order valence-corrected chi connectivity index (χ0v) is 13.3. The number of ether oxygens (including phenoxy) is 1. The van der Waals surface area contributed by atoms with Crippen LogP contribution < -0.4 is 4.72 Å². The lowest BCUT2D eigenvalue weighted by atomic mass is 10.5. The van der Waals surface area contributed by atoms with Gasteiger partial charge in [0.1, 0.15) is 11.0 Å². The van der Waals surface area contributed by atoms with Crippen molar-refractivity contribution in [2.75, 3.05) is 11.8 Å². The number of aromatic nitrogens is 3. The predicted molar refractivity (Wildman–Crippen MR) is 76.3 cm³/mol. The number of hydrogen-bond donors (Lipinski definition) is 1. The molecule has 0 radical (unpaired) electrons. The normalized spacial score (nSPS) is 11.2. The number of sulfonamides is 1. The molecule has 0 fully saturated rings. The van der Waals surface area contributed by atoms with Gasteiger partial charge in [0.05, 0.1) is 12.6 Å². The minimum Gasteiger partial charge on any atom is -0.464 e. The molecule has 0 aliphatic heterocycles. The molecule has 21 heavy (non-hydrogen) atoms. The first kappa shape index (κ1) is 15.9. The summed E-state index contributed by atoms with van der Waals surface area (Å²) >= 11 is 12.0. The molecule has 0 aromatic carbocycles. The summed E-state index contributed by atoms with van der Waals surface area (Å²) < 4.78 is 30.8. The minimum absolute atomic E-state index is 0.0369. The summed E-state index contributed by atoms with van der Waals surface area (Å²) in [6, 6.07) is 1.17. The topological polar surface area (TPSA) is 111 Å². The second-order valence-electron chi connectivity index (χ2n) is 3.43. The molecule has 0 unspecified atom stereocenters. The number of carbonyl (C=O) groups is 1. The molecular weight excluding hydrogens is 363 g/mol. The first-order valence-electron chi connectivity index (χ1n) is 5.08. The number of esters is 1. The van der Waals surface area contributed by atoms with E-state index in [9.17, 15) is 13.2 Å². The molecule has 0 saturated carbocycles. The van der Waals surface area contributed by atoms with Crippen LogP contribution in [0.2, 0.25) is 10.4 Å². The van der Waals surface area contributed by atoms with Crippen LogP contribution in [0.1, 0.15) is 10.5 Å². The van der Waals surface area contributed by atoms with E-state index in [0.29, 0.717) is 0 Å². The number of hydrogen-bond acceptors (Lipinski definition) is 8. The Morgan fingerprint density at radius 1 is 1.38 bits per heavy atom. The van der Waals surface area contributed by atoms with Crippen molar-refractivity contribution >= 4 is 56.3 Å². The lowest BCUT2D eigenvalue weighted by molar-refractivity contribution is 0.0590. The fraction of sp³-hybridized carbons (Fsp3) is 0.111. The van der Waals surface area contributed by atoms with Gasteiger partial charge in [-0.2, -0.15) is 4.98 Å². The SMILES string of the molecule is COC(=O)c1ncsc1S(=O)(=O)Nc1cc(Cl)nc(Cl)n1. The van der Waals surface area contributed by atoms with Crippen LogP contribution in [0.4, 0.5) is 5.82 Å². The zero-order chi connectivity index (χ0) is 15.6. The second kappa shape index (κ2) is 6.10. The average Bonchev–Trinajstić information content (AvgIpc) is 2.85. The van der Waals surface area contributed by atoms with E-state index in [0.717, 1.165) is 18.4 Å². The number of rotatable bonds is 4. The highest BCUT2D eigenvalue weighted by molar-refractivity contribution is 7.94. The lowest BCUT2D eigenvalue weighted by Gasteiger charge is -2.06. The van der Waals surface area contributed by atoms with Crippen LogP contribution >= 0.6 is 34.5 Å². The van der Waals surface area contributed by atoms with Crippen molar-refractivity contribution in [3.8, 4) is 0 Å². The number of nitrogens with zero attached hydrogens (tertiary/aromatic N) is 3. The molecule has 2 aromatic heterocycles. The Labute approximate surface area is 133 Å². The number of nitrogens with one attached hydrogen (secondary N) is 1. The number of thiazole rings is 1. The Kier molecular flexibility index (Phi) is 4.61. The van der Waals surface area contributed by atoms with Gasteiger partial charge >= 0.3 is 5.97 Å². The van der Waals surface area contributed by atoms with Gasteiger partial charge in [0.25, 0.3) is 10.0 Å². The van der Waals surface area contributed by atoms with Gasteiger partial charge in [0.15, 0.2) is 9.90 Å². The molecule has 12 heteroatoms. The van der Waals surface area contributed by atoms with Crippen LogP contribution in [-0.2, 0) is 14.8 Å². The van der Waals surface area contributed by atoms with E-state index in [-0.39, 0.29) is 26.2 Å². The number of anilines is 1. The van der Waals surface area contributed by atoms with Gasteiger partial charge in [-0.1, -0.05) is 11.6 Å². The summed E-state index contributed by atoms with van der Waals surface area (Å²) in [6.45, 7) is 0. The monoisotopic (exact) mass is 368 g/mol. The van der Waals surface area contributed by atoms with E-state index in [1.165, 1.54) is 11.6 Å². The van der Waals surface area contributed by atoms with E-state index < -0.39 is 16.0 Å². The second-order valence-corrected chi connectivity index (χ2v) is 6.89. The van der Waals surface area contributed by atoms with Crippen molar-refractivity contribution in [1.82, 2.24) is 15.0 Å². The van der Waals surface area contributed by atoms with E-state index in [2.05, 4.69) is 24.4 Å². The lowest BCUT2D eigenvalue weighted by Crippen LogP contribution is -2.17. The summed E-state index contributed by atoms with van der Waals surface area (Å²) in [6.07, 6.45) is 0. The molecule has 2 rings (SSSR count). The summed E-state index contributed by atoms with van der Waals surface area (Å²) in [7, 11) is -2.97. The van der Waals surface area contributed by atoms with Gasteiger partial charge in [-0.25, -0.2) is 23.2 Å². The summed E-state index contributed by atoms with van der Waals surface area (Å²) in [5.41, 5.74) is 0.891. The third-order valence-electron chi connectivity index (χ3n) is 2.06. The highest BCUT2D eigenvalue weighted by atomic mass is 35.5. The van der Waals surface area contributed by atoms with Crippen molar-refractivity contribution in [3.05, 3.63) is 27.7 Å². The summed E-state index contributed by atoms with van der Waals surface area (Å²) in [5.74, 6) is -1.00. The molecule has 0 amide bonds. The Balaban J connectivity index is 2.39. The molecule has 112 valence electrons. The largest absolute Gasteiger partial charge is 0.464 e. The third kappa shape index (κ3) is 3.59. The fourth-order valence-electron chi connectivity index (χ4n) is 1.28. The maximum absolute atomic E-state index is 12.2. The number of methoxy groups -OCH3 is 1. The highest BCUT2D eigenvalue weighted by Crippen LogP contribution is 2.24. The summed E-state index contributed by atoms with van der Waals surface area (Å²) in [5, 5.41) is -0.261. The van der Waals surface area contributed by atoms with E-state index >= 15 is 0 Å². The van der Waals surface area contributed by atoms with Gasteiger partial charge in [-0.3, -0.25) is 4.72 Å². The highest BCUT2D eigenvalue weighted by Gasteiger charge is 2.27. The molecular formula is C9H6Cl2N4O4S2. The molecule has 0 atom stereocenters. The molecule has 0 aliphatic rings. The van der Waals surface area contributed by atoms with Crippen molar-refractivity contribution in [3.63, 3.8) is 0 Å². The predicted octanol–water partition coefficient (Wildman–Crippen LogP) is 1.83. The van der Waals surface area contributed by atoms with Gasteiger partial charge in [-0.05, 0) is 11.6 Å². The van der Waals surface area contributed by atoms with Crippen LogP contribution in [0.15, 0.2) is 15.8 Å². The van der Waals surface area contributed by atoms with Gasteiger partial charge in [-0.15, -0.1) is 11.3 Å². The van der Waals surface area contributed by atoms with Crippen LogP contribution in [0.25, 0.3) is 0 Å². The maximum Gasteiger partial charge on any atom is 0.358 e. The van der Waals surface area contributed by atoms with E-state index in [4.69, 9.17) is 23.2 Å². The first-order chi connectivity index (χ1) is 9.83. The number of halogens is 2. The molecule has 8 nitrogen and oxygen atoms in total. The quantitative estimate of drug-likeness (QED) is 0.497. The first-order valence-corrected chi connectivity index (χ1v) is 8.20. The maximum atomic E-state index is 12.2. The molecule has 0 saturated heterocycles. The summed E-state index contributed by atoms with van der Waals surface area (Å²) in [4.78, 5) is 22.4. The molecule has 0 spiro atoms. The van der Waals surface area contributed by atoms with Gasteiger partial charge < -0.3 is 4.74 Å². The van der Waals surface area contributed by atoms with E-state index in [1.54, 1.807) is 0 Å². The molecule has 0 bridgehead atoms. The van der Waals surface area contributed by atoms with E-state index in [1.807, 2.05) is 0 Å². The molecule has 1 N–H and O–H groups in total. The van der Waals surface area contributed by atoms with Crippen LogP contribution in [0, 0.1) is 0 Å². The third-order valence-corrected chi connectivity index (χ3v) is 5.15.